The molecule has 1 aliphatic carbocycles. The van der Waals surface area contributed by atoms with Gasteiger partial charge in [0.2, 0.25) is 5.28 Å². The minimum Gasteiger partial charge on any atom is -0.351 e. The first-order chi connectivity index (χ1) is 6.72. The Bertz CT molecular complexity index is 340. The van der Waals surface area contributed by atoms with Gasteiger partial charge in [0.15, 0.2) is 11.0 Å². The van der Waals surface area contributed by atoms with Crippen LogP contribution in [0.3, 0.4) is 0 Å². The second kappa shape index (κ2) is 3.87. The lowest BCUT2D eigenvalue weighted by Crippen LogP contribution is -2.26. The lowest BCUT2D eigenvalue weighted by Gasteiger charge is -2.21. The molecule has 1 fully saturated rings. The maximum Gasteiger partial charge on any atom is 0.245 e. The van der Waals surface area contributed by atoms with E-state index in [0.29, 0.717) is 17.0 Å². The van der Waals surface area contributed by atoms with E-state index in [4.69, 9.17) is 23.2 Å². The fraction of sp³-hybridized carbons (Fsp3) is 0.625. The predicted octanol–water partition coefficient (Wildman–Crippen LogP) is 2.17. The van der Waals surface area contributed by atoms with Gasteiger partial charge in [0.25, 0.3) is 0 Å². The van der Waals surface area contributed by atoms with Crippen molar-refractivity contribution < 1.29 is 0 Å². The van der Waals surface area contributed by atoms with Crippen LogP contribution in [-0.4, -0.2) is 27.8 Å². The van der Waals surface area contributed by atoms with Crippen LogP contribution in [0.1, 0.15) is 19.8 Å². The Balaban J connectivity index is 2.32. The second-order valence-electron chi connectivity index (χ2n) is 3.21. The van der Waals surface area contributed by atoms with Crippen LogP contribution in [0.5, 0.6) is 0 Å². The van der Waals surface area contributed by atoms with Gasteiger partial charge < -0.3 is 4.90 Å². The monoisotopic (exact) mass is 232 g/mol. The Morgan fingerprint density at radius 3 is 2.64 bits per heavy atom. The van der Waals surface area contributed by atoms with Crippen molar-refractivity contribution in [3.63, 3.8) is 0 Å². The molecule has 2 rings (SSSR count). The fourth-order valence-electron chi connectivity index (χ4n) is 1.44. The van der Waals surface area contributed by atoms with Gasteiger partial charge in [0.05, 0.1) is 0 Å². The topological polar surface area (TPSA) is 41.9 Å². The van der Waals surface area contributed by atoms with Crippen LogP contribution in [0.15, 0.2) is 0 Å². The van der Waals surface area contributed by atoms with Crippen LogP contribution in [0.4, 0.5) is 5.82 Å². The summed E-state index contributed by atoms with van der Waals surface area (Å²) in [6.07, 6.45) is 2.37. The van der Waals surface area contributed by atoms with E-state index in [2.05, 4.69) is 27.0 Å². The molecule has 76 valence electrons. The lowest BCUT2D eigenvalue weighted by atomic mass is 10.4. The maximum absolute atomic E-state index is 5.91. The Morgan fingerprint density at radius 1 is 1.36 bits per heavy atom. The SMILES string of the molecule is CCN(c1nc(Cl)nnc1Cl)C1CC1. The van der Waals surface area contributed by atoms with Crippen LogP contribution in [-0.2, 0) is 0 Å². The van der Waals surface area contributed by atoms with Crippen LogP contribution in [0, 0.1) is 0 Å². The molecule has 0 aliphatic heterocycles. The van der Waals surface area contributed by atoms with Gasteiger partial charge in [-0.15, -0.1) is 10.2 Å². The minimum absolute atomic E-state index is 0.142. The third kappa shape index (κ3) is 1.91. The average molecular weight is 233 g/mol. The van der Waals surface area contributed by atoms with Gasteiger partial charge in [-0.05, 0) is 31.4 Å². The second-order valence-corrected chi connectivity index (χ2v) is 3.91. The number of hydrogen-bond donors (Lipinski definition) is 0. The Labute approximate surface area is 92.2 Å². The van der Waals surface area contributed by atoms with Gasteiger partial charge in [-0.1, -0.05) is 11.6 Å². The van der Waals surface area contributed by atoms with Crippen molar-refractivity contribution in [2.45, 2.75) is 25.8 Å². The molecule has 0 N–H and O–H groups in total. The summed E-state index contributed by atoms with van der Waals surface area (Å²) in [5.74, 6) is 0.650. The van der Waals surface area contributed by atoms with Crippen molar-refractivity contribution in [2.75, 3.05) is 11.4 Å². The molecule has 0 atom stereocenters. The first-order valence-corrected chi connectivity index (χ1v) is 5.30. The van der Waals surface area contributed by atoms with Gasteiger partial charge in [-0.2, -0.15) is 4.98 Å². The first kappa shape index (κ1) is 9.93. The van der Waals surface area contributed by atoms with Crippen LogP contribution in [0.25, 0.3) is 0 Å². The molecule has 1 aromatic rings. The largest absolute Gasteiger partial charge is 0.351 e. The van der Waals surface area contributed by atoms with Crippen LogP contribution >= 0.6 is 23.2 Å². The number of halogens is 2. The summed E-state index contributed by atoms with van der Waals surface area (Å²) < 4.78 is 0. The molecule has 1 aliphatic rings. The number of aromatic nitrogens is 3. The van der Waals surface area contributed by atoms with Gasteiger partial charge in [-0.25, -0.2) is 0 Å². The highest BCUT2D eigenvalue weighted by Gasteiger charge is 2.30. The molecule has 0 bridgehead atoms. The third-order valence-electron chi connectivity index (χ3n) is 2.20. The van der Waals surface area contributed by atoms with E-state index < -0.39 is 0 Å². The molecule has 0 unspecified atom stereocenters. The summed E-state index contributed by atoms with van der Waals surface area (Å²) in [4.78, 5) is 6.20. The van der Waals surface area contributed by atoms with Gasteiger partial charge in [-0.3, -0.25) is 0 Å². The fourth-order valence-corrected chi connectivity index (χ4v) is 1.74. The molecule has 4 nitrogen and oxygen atoms in total. The van der Waals surface area contributed by atoms with Gasteiger partial charge >= 0.3 is 0 Å². The summed E-state index contributed by atoms with van der Waals surface area (Å²) in [5.41, 5.74) is 0. The van der Waals surface area contributed by atoms with Gasteiger partial charge in [0.1, 0.15) is 0 Å². The Hall–Kier alpha value is -0.610. The maximum atomic E-state index is 5.91. The van der Waals surface area contributed by atoms with E-state index in [9.17, 15) is 0 Å². The zero-order valence-electron chi connectivity index (χ0n) is 7.74. The highest BCUT2D eigenvalue weighted by molar-refractivity contribution is 6.32. The van der Waals surface area contributed by atoms with E-state index in [1.54, 1.807) is 0 Å². The van der Waals surface area contributed by atoms with E-state index in [1.165, 1.54) is 12.8 Å². The highest BCUT2D eigenvalue weighted by atomic mass is 35.5. The molecule has 1 heterocycles. The molecule has 0 aromatic carbocycles. The Morgan fingerprint density at radius 2 is 2.07 bits per heavy atom. The predicted molar refractivity (Wildman–Crippen MR) is 55.9 cm³/mol. The quantitative estimate of drug-likeness (QED) is 0.802. The normalized spacial score (nSPS) is 15.6. The van der Waals surface area contributed by atoms with E-state index in [1.807, 2.05) is 0 Å². The van der Waals surface area contributed by atoms with Crippen molar-refractivity contribution in [3.8, 4) is 0 Å². The van der Waals surface area contributed by atoms with E-state index in [0.717, 1.165) is 6.54 Å². The summed E-state index contributed by atoms with van der Waals surface area (Å²) >= 11 is 11.6. The molecule has 6 heteroatoms. The molecule has 0 radical (unpaired) electrons. The minimum atomic E-state index is 0.142. The average Bonchev–Trinajstić information content (AvgIpc) is 2.96. The summed E-state index contributed by atoms with van der Waals surface area (Å²) in [6.45, 7) is 2.92. The molecular formula is C8H10Cl2N4. The molecular weight excluding hydrogens is 223 g/mol. The molecule has 1 saturated carbocycles. The van der Waals surface area contributed by atoms with Crippen LogP contribution < -0.4 is 4.90 Å². The first-order valence-electron chi connectivity index (χ1n) is 4.54. The molecule has 1 aromatic heterocycles. The van der Waals surface area contributed by atoms with E-state index >= 15 is 0 Å². The zero-order chi connectivity index (χ0) is 10.1. The summed E-state index contributed by atoms with van der Waals surface area (Å²) in [7, 11) is 0. The van der Waals surface area contributed by atoms with Crippen molar-refractivity contribution in [1.29, 1.82) is 0 Å². The number of nitrogens with zero attached hydrogens (tertiary/aromatic N) is 4. The molecule has 0 saturated heterocycles. The smallest absolute Gasteiger partial charge is 0.245 e. The summed E-state index contributed by atoms with van der Waals surface area (Å²) in [5, 5.41) is 7.78. The highest BCUT2D eigenvalue weighted by Crippen LogP contribution is 2.33. The number of hydrogen-bond acceptors (Lipinski definition) is 4. The van der Waals surface area contributed by atoms with Crippen molar-refractivity contribution in [3.05, 3.63) is 10.4 Å². The molecule has 0 amide bonds. The number of rotatable bonds is 3. The molecule has 0 spiro atoms. The zero-order valence-corrected chi connectivity index (χ0v) is 9.26. The van der Waals surface area contributed by atoms with E-state index in [-0.39, 0.29) is 5.28 Å². The summed E-state index contributed by atoms with van der Waals surface area (Å²) in [6, 6.07) is 0.547. The van der Waals surface area contributed by atoms with Crippen molar-refractivity contribution >= 4 is 29.0 Å². The third-order valence-corrected chi connectivity index (χ3v) is 2.61. The Kier molecular flexibility index (Phi) is 2.74. The lowest BCUT2D eigenvalue weighted by molar-refractivity contribution is 0.792. The molecule has 14 heavy (non-hydrogen) atoms. The standard InChI is InChI=1S/C8H10Cl2N4/c1-2-14(5-3-4-5)7-6(9)12-13-8(10)11-7/h5H,2-4H2,1H3. The van der Waals surface area contributed by atoms with Gasteiger partial charge in [0, 0.05) is 12.6 Å². The van der Waals surface area contributed by atoms with Crippen molar-refractivity contribution in [2.24, 2.45) is 0 Å². The van der Waals surface area contributed by atoms with Crippen molar-refractivity contribution in [1.82, 2.24) is 15.2 Å². The number of anilines is 1. The van der Waals surface area contributed by atoms with Crippen LogP contribution in [0.2, 0.25) is 10.4 Å².